The fraction of sp³-hybridized carbons (Fsp3) is 0.331. The number of hydrogen-bond acceptors (Lipinski definition) is 0. The molecule has 0 radical (unpaired) electrons. The molecule has 132 heavy (non-hydrogen) atoms. The predicted octanol–water partition coefficient (Wildman–Crippen LogP) is 30.9. The standard InChI is InChI=1S/C31H42N.C26H32N.2C25H30N.C20H20N/c1-21-11-13-24(14-12-21)27-17-28(23(3)15-22(27)2)29-16-25(18-30(4,5)6)26(20-32(29)10)19-31(7,8)9;1-18-8-10-22(11-9-18)23-16-24(20(3)14-19(23)2)25-15-21(12-13-27(25)7)17-26(4,5)6;1-18-14-19(2)23(15-22(18)21-10-8-7-9-11-21)24-13-12-20(17-26(24)6)16-25(3,4)5;1-18-14-19(2)23(16-22(18)21-10-8-7-9-11-21)24-15-20(12-13-26(24)6)17-25(3,4)5;1-15-13-16(2)19(20-11-7-8-12-21(20)3)14-18(15)17-9-5-4-6-10-17/h11-17,20H,18-19H2,1-10H3;8-16H,17H2,1-7H3;7-15,17H,16H2,1-6H3;7-16H,17H2,1-6H3;4-14H,1-3H3/q5*+1/i2D3,18D2,19D2;2D3,17D2;1D3,16D2;1D3,17D2;1D3. The number of hydrogen-bond donors (Lipinski definition) is 0. The SMILES string of the molecule is [2H]C([2H])([2H])c1cc(C)c(-c2cc(C([2H])([2H])C(C)(C)C)c(C([2H])([2H])C(C)(C)C)c[n+]2C)cc1-c1ccc(C)cc1.[2H]C([2H])([2H])c1cc(C)c(-c2cc(C([2H])([2H])C(C)(C)C)cc[n+]2C)cc1-c1ccc(C)cc1.[2H]C([2H])([2H])c1cc(C)c(-c2cc(C([2H])([2H])C(C)(C)C)cc[n+]2C)cc1-c1ccccc1.[2H]C([2H])([2H])c1cc(C)c(-c2ccc(C([2H])([2H])C(C)(C)C)c[n+]2C)cc1-c1ccccc1.[2H]C([2H])([2H])c1cc(C)c(-c2cccc[n+]2C)cc1-c1ccccc1. The third-order valence-corrected chi connectivity index (χ3v) is 22.5. The Bertz CT molecular complexity index is 7650. The van der Waals surface area contributed by atoms with E-state index in [0.29, 0.717) is 78.0 Å². The molecule has 0 saturated carbocycles. The van der Waals surface area contributed by atoms with Crippen LogP contribution in [0.15, 0.2) is 292 Å². The van der Waals surface area contributed by atoms with Gasteiger partial charge in [0.05, 0.1) is 0 Å². The van der Waals surface area contributed by atoms with Gasteiger partial charge in [-0.1, -0.05) is 285 Å². The van der Waals surface area contributed by atoms with Crippen molar-refractivity contribution in [3.63, 3.8) is 0 Å². The van der Waals surface area contributed by atoms with Crippen molar-refractivity contribution >= 4 is 0 Å². The van der Waals surface area contributed by atoms with Crippen molar-refractivity contribution in [3.8, 4) is 112 Å². The van der Waals surface area contributed by atoms with Gasteiger partial charge in [0.1, 0.15) is 35.2 Å². The van der Waals surface area contributed by atoms with Gasteiger partial charge in [0.25, 0.3) is 0 Å². The van der Waals surface area contributed by atoms with E-state index in [2.05, 4.69) is 0 Å². The maximum atomic E-state index is 9.16. The fourth-order valence-corrected chi connectivity index (χ4v) is 16.3. The van der Waals surface area contributed by atoms with Crippen molar-refractivity contribution in [2.45, 2.75) is 218 Å². The summed E-state index contributed by atoms with van der Waals surface area (Å²) in [5, 5.41) is 0. The first-order chi connectivity index (χ1) is 72.0. The van der Waals surface area contributed by atoms with Crippen LogP contribution >= 0.6 is 0 Å². The largest absolute Gasteiger partial charge is 0.212 e. The number of benzene rings is 10. The lowest BCUT2D eigenvalue weighted by Crippen LogP contribution is -2.33. The Labute approximate surface area is 832 Å². The first-order valence-electron chi connectivity index (χ1n) is 58.0. The van der Waals surface area contributed by atoms with Crippen LogP contribution in [0, 0.1) is 110 Å². The number of aromatic nitrogens is 5. The summed E-state index contributed by atoms with van der Waals surface area (Å²) in [4.78, 5) is 0. The number of aryl methyl sites for hydroxylation is 17. The fourth-order valence-electron chi connectivity index (χ4n) is 16.3. The highest BCUT2D eigenvalue weighted by Gasteiger charge is 2.28. The molecular formula is C127H154N5+5. The molecule has 0 aliphatic heterocycles. The van der Waals surface area contributed by atoms with E-state index in [4.69, 9.17) is 34.3 Å². The minimum absolute atomic E-state index is 0.265. The lowest BCUT2D eigenvalue weighted by molar-refractivity contribution is -0.661. The molecule has 5 nitrogen and oxygen atoms in total. The lowest BCUT2D eigenvalue weighted by Gasteiger charge is -2.24. The molecule has 5 heterocycles. The summed E-state index contributed by atoms with van der Waals surface area (Å²) >= 11 is 0. The van der Waals surface area contributed by atoms with E-state index in [1.165, 1.54) is 0 Å². The van der Waals surface area contributed by atoms with Crippen molar-refractivity contribution in [1.82, 2.24) is 0 Å². The third-order valence-electron chi connectivity index (χ3n) is 22.5. The highest BCUT2D eigenvalue weighted by atomic mass is 14.9. The Morgan fingerprint density at radius 3 is 0.795 bits per heavy atom. The Morgan fingerprint density at radius 1 is 0.212 bits per heavy atom. The van der Waals surface area contributed by atoms with Crippen LogP contribution in [0.4, 0.5) is 0 Å². The molecule has 5 heteroatoms. The molecule has 15 aromatic rings. The molecule has 10 aromatic carbocycles. The number of pyridine rings is 5. The van der Waals surface area contributed by atoms with Crippen LogP contribution in [0.2, 0.25) is 0 Å². The summed E-state index contributed by atoms with van der Waals surface area (Å²) in [6, 6.07) is 81.8. The Kier molecular flexibility index (Phi) is 22.8. The lowest BCUT2D eigenvalue weighted by atomic mass is 9.81. The van der Waals surface area contributed by atoms with E-state index < -0.39 is 93.2 Å². The van der Waals surface area contributed by atoms with E-state index in [-0.39, 0.29) is 5.56 Å². The Balaban J connectivity index is 0.000000186. The molecule has 0 N–H and O–H groups in total. The third kappa shape index (κ3) is 27.3. The number of nitrogens with zero attached hydrogens (tertiary/aromatic N) is 5. The van der Waals surface area contributed by atoms with E-state index in [9.17, 15) is 0 Å². The predicted molar refractivity (Wildman–Crippen MR) is 565 cm³/mol. The first kappa shape index (κ1) is 70.7. The van der Waals surface area contributed by atoms with E-state index >= 15 is 0 Å². The van der Waals surface area contributed by atoms with Crippen LogP contribution in [-0.4, -0.2) is 0 Å². The van der Waals surface area contributed by atoms with Gasteiger partial charge in [-0.15, -0.1) is 0 Å². The first-order valence-corrected chi connectivity index (χ1v) is 45.5. The van der Waals surface area contributed by atoms with Gasteiger partial charge in [-0.2, -0.15) is 0 Å². The molecule has 15 rings (SSSR count). The van der Waals surface area contributed by atoms with Gasteiger partial charge in [-0.05, 0) is 312 Å². The van der Waals surface area contributed by atoms with Gasteiger partial charge in [-0.3, -0.25) is 0 Å². The molecule has 0 fully saturated rings. The second kappa shape index (κ2) is 42.7. The second-order valence-electron chi connectivity index (χ2n) is 40.3. The summed E-state index contributed by atoms with van der Waals surface area (Å²) in [5.41, 5.74) is 23.8. The molecule has 0 amide bonds. The van der Waals surface area contributed by atoms with Gasteiger partial charge in [0, 0.05) is 122 Å². The van der Waals surface area contributed by atoms with Crippen LogP contribution < -0.4 is 22.8 Å². The van der Waals surface area contributed by atoms with Gasteiger partial charge in [0.15, 0.2) is 31.0 Å². The maximum Gasteiger partial charge on any atom is 0.212 e. The zero-order chi connectivity index (χ0) is 118. The molecule has 0 aliphatic rings. The van der Waals surface area contributed by atoms with Gasteiger partial charge in [0.2, 0.25) is 28.5 Å². The normalized spacial score (nSPS) is 15.5. The molecule has 0 unspecified atom stereocenters. The quantitative estimate of drug-likeness (QED) is 0.0912. The van der Waals surface area contributed by atoms with Crippen molar-refractivity contribution in [1.29, 1.82) is 0 Å². The van der Waals surface area contributed by atoms with Gasteiger partial charge < -0.3 is 0 Å². The van der Waals surface area contributed by atoms with Crippen molar-refractivity contribution in [2.75, 3.05) is 0 Å². The Hall–Kier alpha value is -12.1. The van der Waals surface area contributed by atoms with E-state index in [1.807, 2.05) is 460 Å². The molecular weight excluding hydrogens is 1600 g/mol. The molecule has 0 atom stereocenters. The molecule has 5 aromatic heterocycles. The minimum atomic E-state index is -2.31. The topological polar surface area (TPSA) is 19.4 Å². The van der Waals surface area contributed by atoms with Crippen molar-refractivity contribution in [3.05, 3.63) is 386 Å². The Morgan fingerprint density at radius 2 is 0.485 bits per heavy atom. The van der Waals surface area contributed by atoms with E-state index in [0.717, 1.165) is 123 Å². The molecule has 0 bridgehead atoms. The van der Waals surface area contributed by atoms with Crippen LogP contribution in [-0.2, 0) is 67.1 Å². The van der Waals surface area contributed by atoms with Crippen LogP contribution in [0.25, 0.3) is 112 Å². The average Bonchev–Trinajstić information content (AvgIpc) is 0.730. The van der Waals surface area contributed by atoms with E-state index in [1.54, 1.807) is 42.6 Å². The molecule has 0 spiro atoms. The summed E-state index contributed by atoms with van der Waals surface area (Å²) in [5.74, 6) is 0. The summed E-state index contributed by atoms with van der Waals surface area (Å²) < 4.78 is 219. The highest BCUT2D eigenvalue weighted by Crippen LogP contribution is 2.40. The van der Waals surface area contributed by atoms with Crippen LogP contribution in [0.1, 0.15) is 233 Å². The van der Waals surface area contributed by atoms with Crippen molar-refractivity contribution < 1.29 is 57.1 Å². The maximum absolute atomic E-state index is 9.16. The zero-order valence-corrected chi connectivity index (χ0v) is 82.9. The highest BCUT2D eigenvalue weighted by molar-refractivity contribution is 5.81. The zero-order valence-electron chi connectivity index (χ0n) is 108. The summed E-state index contributed by atoms with van der Waals surface area (Å²) in [7, 11) is 9.57. The van der Waals surface area contributed by atoms with Crippen LogP contribution in [0.3, 0.4) is 0 Å². The number of rotatable bonds is 15. The smallest absolute Gasteiger partial charge is 0.201 e. The molecule has 0 saturated heterocycles. The summed E-state index contributed by atoms with van der Waals surface area (Å²) in [6.45, 7) is 30.4. The molecule has 682 valence electrons. The van der Waals surface area contributed by atoms with Gasteiger partial charge in [-0.25, -0.2) is 22.8 Å². The average molecular weight is 1780 g/mol. The monoisotopic (exact) mass is 1770 g/mol. The van der Waals surface area contributed by atoms with Gasteiger partial charge >= 0.3 is 0 Å². The summed E-state index contributed by atoms with van der Waals surface area (Å²) in [6.07, 6.45) is 1.08. The second-order valence-corrected chi connectivity index (χ2v) is 40.3. The van der Waals surface area contributed by atoms with Crippen LogP contribution in [0.5, 0.6) is 0 Å². The minimum Gasteiger partial charge on any atom is -0.201 e. The molecule has 0 aliphatic carbocycles. The van der Waals surface area contributed by atoms with Crippen molar-refractivity contribution in [2.24, 2.45) is 62.3 Å².